The van der Waals surface area contributed by atoms with Crippen LogP contribution in [0.25, 0.3) is 0 Å². The number of methoxy groups -OCH3 is 1. The van der Waals surface area contributed by atoms with Gasteiger partial charge in [-0.05, 0) is 55.7 Å². The smallest absolute Gasteiger partial charge is 0.226 e. The Labute approximate surface area is 133 Å². The van der Waals surface area contributed by atoms with Gasteiger partial charge in [0.05, 0.1) is 7.11 Å². The Morgan fingerprint density at radius 1 is 1.41 bits per heavy atom. The zero-order valence-electron chi connectivity index (χ0n) is 13.7. The molecule has 1 atom stereocenters. The zero-order chi connectivity index (χ0) is 15.6. The van der Waals surface area contributed by atoms with Gasteiger partial charge in [0.25, 0.3) is 0 Å². The van der Waals surface area contributed by atoms with E-state index in [-0.39, 0.29) is 11.5 Å². The van der Waals surface area contributed by atoms with Crippen molar-refractivity contribution in [2.45, 2.75) is 57.9 Å². The molecule has 2 bridgehead atoms. The minimum atomic E-state index is 0.0174. The van der Waals surface area contributed by atoms with Gasteiger partial charge >= 0.3 is 0 Å². The summed E-state index contributed by atoms with van der Waals surface area (Å²) in [5, 5.41) is 3.34. The maximum absolute atomic E-state index is 12.5. The van der Waals surface area contributed by atoms with Gasteiger partial charge in [0.2, 0.25) is 5.91 Å². The van der Waals surface area contributed by atoms with E-state index in [0.717, 1.165) is 56.6 Å². The van der Waals surface area contributed by atoms with E-state index in [0.29, 0.717) is 5.91 Å². The maximum atomic E-state index is 12.5. The van der Waals surface area contributed by atoms with Crippen molar-refractivity contribution in [3.63, 3.8) is 0 Å². The number of carbonyl (C=O) groups excluding carboxylic acids is 1. The van der Waals surface area contributed by atoms with E-state index in [1.807, 2.05) is 12.1 Å². The van der Waals surface area contributed by atoms with E-state index in [4.69, 9.17) is 4.74 Å². The molecule has 1 N–H and O–H groups in total. The van der Waals surface area contributed by atoms with Crippen molar-refractivity contribution < 1.29 is 9.53 Å². The number of carbonyl (C=O) groups is 1. The van der Waals surface area contributed by atoms with Gasteiger partial charge in [-0.1, -0.05) is 31.9 Å². The highest BCUT2D eigenvalue weighted by Crippen LogP contribution is 2.64. The molecule has 0 saturated heterocycles. The number of amides is 1. The third-order valence-electron chi connectivity index (χ3n) is 5.38. The molecule has 0 unspecified atom stereocenters. The summed E-state index contributed by atoms with van der Waals surface area (Å²) in [6.07, 6.45) is 7.64. The van der Waals surface area contributed by atoms with Gasteiger partial charge in [-0.2, -0.15) is 0 Å². The Balaban J connectivity index is 1.62. The molecule has 1 aromatic carbocycles. The number of hydrogen-bond acceptors (Lipinski definition) is 2. The SMILES string of the molecule is CCCC[C@@H](Cc1cccc(OC)c1)NC(=O)C12CC(C1)C2. The van der Waals surface area contributed by atoms with Gasteiger partial charge in [0.1, 0.15) is 5.75 Å². The molecule has 3 nitrogen and oxygen atoms in total. The largest absolute Gasteiger partial charge is 0.497 e. The first-order chi connectivity index (χ1) is 10.6. The van der Waals surface area contributed by atoms with E-state index in [2.05, 4.69) is 24.4 Å². The lowest BCUT2D eigenvalue weighted by Crippen LogP contribution is -2.61. The molecular formula is C19H27NO2. The van der Waals surface area contributed by atoms with Crippen LogP contribution in [0.2, 0.25) is 0 Å². The van der Waals surface area contributed by atoms with E-state index in [1.165, 1.54) is 5.56 Å². The molecule has 0 radical (unpaired) electrons. The van der Waals surface area contributed by atoms with E-state index in [1.54, 1.807) is 7.11 Å². The van der Waals surface area contributed by atoms with Crippen LogP contribution in [0.5, 0.6) is 5.75 Å². The highest BCUT2D eigenvalue weighted by atomic mass is 16.5. The molecular weight excluding hydrogens is 274 g/mol. The molecule has 0 heterocycles. The molecule has 3 aliphatic rings. The van der Waals surface area contributed by atoms with Crippen molar-refractivity contribution in [3.05, 3.63) is 29.8 Å². The monoisotopic (exact) mass is 301 g/mol. The summed E-state index contributed by atoms with van der Waals surface area (Å²) in [6, 6.07) is 8.42. The molecule has 0 spiro atoms. The van der Waals surface area contributed by atoms with Crippen molar-refractivity contribution in [3.8, 4) is 5.75 Å². The topological polar surface area (TPSA) is 38.3 Å². The van der Waals surface area contributed by atoms with Crippen LogP contribution in [-0.2, 0) is 11.2 Å². The van der Waals surface area contributed by atoms with Gasteiger partial charge < -0.3 is 10.1 Å². The first-order valence-electron chi connectivity index (χ1n) is 8.59. The molecule has 3 saturated carbocycles. The fourth-order valence-electron chi connectivity index (χ4n) is 3.85. The molecule has 3 aliphatic carbocycles. The van der Waals surface area contributed by atoms with Gasteiger partial charge in [0.15, 0.2) is 0 Å². The van der Waals surface area contributed by atoms with E-state index < -0.39 is 0 Å². The Bertz CT molecular complexity index is 523. The average Bonchev–Trinajstić information content (AvgIpc) is 2.41. The molecule has 1 aromatic rings. The van der Waals surface area contributed by atoms with E-state index >= 15 is 0 Å². The molecule has 120 valence electrons. The van der Waals surface area contributed by atoms with Crippen molar-refractivity contribution in [2.75, 3.05) is 7.11 Å². The van der Waals surface area contributed by atoms with Gasteiger partial charge in [-0.15, -0.1) is 0 Å². The maximum Gasteiger partial charge on any atom is 0.226 e. The first-order valence-corrected chi connectivity index (χ1v) is 8.59. The minimum Gasteiger partial charge on any atom is -0.497 e. The predicted octanol–water partition coefficient (Wildman–Crippen LogP) is 3.71. The number of benzene rings is 1. The summed E-state index contributed by atoms with van der Waals surface area (Å²) in [4.78, 5) is 12.5. The van der Waals surface area contributed by atoms with E-state index in [9.17, 15) is 4.79 Å². The number of hydrogen-bond donors (Lipinski definition) is 1. The first kappa shape index (κ1) is 15.4. The van der Waals surface area contributed by atoms with Crippen LogP contribution in [0.4, 0.5) is 0 Å². The van der Waals surface area contributed by atoms with Crippen molar-refractivity contribution in [2.24, 2.45) is 11.3 Å². The molecule has 3 fully saturated rings. The second kappa shape index (κ2) is 6.31. The number of unbranched alkanes of at least 4 members (excludes halogenated alkanes) is 1. The van der Waals surface area contributed by atoms with Crippen molar-refractivity contribution in [1.29, 1.82) is 0 Å². The standard InChI is InChI=1S/C19H27NO2/c1-3-4-7-16(9-14-6-5-8-17(10-14)22-2)20-18(21)19-11-15(12-19)13-19/h5-6,8,10,15-16H,3-4,7,9,11-13H2,1-2H3,(H,20,21)/t15?,16-,19?/m0/s1. The predicted molar refractivity (Wildman–Crippen MR) is 87.9 cm³/mol. The molecule has 1 amide bonds. The van der Waals surface area contributed by atoms with Crippen molar-refractivity contribution in [1.82, 2.24) is 5.32 Å². The van der Waals surface area contributed by atoms with Crippen LogP contribution in [0, 0.1) is 11.3 Å². The third kappa shape index (κ3) is 2.99. The quantitative estimate of drug-likeness (QED) is 0.795. The Morgan fingerprint density at radius 3 is 2.77 bits per heavy atom. The van der Waals surface area contributed by atoms with Crippen LogP contribution < -0.4 is 10.1 Å². The second-order valence-corrected chi connectivity index (χ2v) is 7.13. The summed E-state index contributed by atoms with van der Waals surface area (Å²) < 4.78 is 5.30. The summed E-state index contributed by atoms with van der Waals surface area (Å²) in [5.74, 6) is 2.04. The summed E-state index contributed by atoms with van der Waals surface area (Å²) in [6.45, 7) is 2.20. The van der Waals surface area contributed by atoms with Gasteiger partial charge in [-0.3, -0.25) is 4.79 Å². The van der Waals surface area contributed by atoms with Crippen LogP contribution in [0.3, 0.4) is 0 Å². The lowest BCUT2D eigenvalue weighted by molar-refractivity contribution is -0.165. The number of nitrogens with one attached hydrogen (secondary N) is 1. The normalized spacial score (nSPS) is 26.5. The molecule has 0 aliphatic heterocycles. The lowest BCUT2D eigenvalue weighted by Gasteiger charge is -2.60. The Kier molecular flexibility index (Phi) is 4.42. The highest BCUT2D eigenvalue weighted by Gasteiger charge is 2.61. The summed E-state index contributed by atoms with van der Waals surface area (Å²) in [5.41, 5.74) is 1.25. The molecule has 4 rings (SSSR count). The summed E-state index contributed by atoms with van der Waals surface area (Å²) >= 11 is 0. The average molecular weight is 301 g/mol. The van der Waals surface area contributed by atoms with Gasteiger partial charge in [-0.25, -0.2) is 0 Å². The fourth-order valence-corrected chi connectivity index (χ4v) is 3.85. The molecule has 3 heteroatoms. The Morgan fingerprint density at radius 2 is 2.18 bits per heavy atom. The van der Waals surface area contributed by atoms with Crippen LogP contribution in [0.15, 0.2) is 24.3 Å². The van der Waals surface area contributed by atoms with Crippen LogP contribution in [-0.4, -0.2) is 19.1 Å². The molecule has 0 aromatic heterocycles. The highest BCUT2D eigenvalue weighted by molar-refractivity contribution is 5.86. The lowest BCUT2D eigenvalue weighted by atomic mass is 9.44. The molecule has 22 heavy (non-hydrogen) atoms. The van der Waals surface area contributed by atoms with Crippen LogP contribution >= 0.6 is 0 Å². The van der Waals surface area contributed by atoms with Crippen molar-refractivity contribution >= 4 is 5.91 Å². The Hall–Kier alpha value is -1.51. The fraction of sp³-hybridized carbons (Fsp3) is 0.632. The number of ether oxygens (including phenoxy) is 1. The van der Waals surface area contributed by atoms with Crippen LogP contribution in [0.1, 0.15) is 51.0 Å². The third-order valence-corrected chi connectivity index (χ3v) is 5.38. The number of rotatable bonds is 8. The zero-order valence-corrected chi connectivity index (χ0v) is 13.7. The minimum absolute atomic E-state index is 0.0174. The second-order valence-electron chi connectivity index (χ2n) is 7.13. The van der Waals surface area contributed by atoms with Gasteiger partial charge in [0, 0.05) is 11.5 Å². The summed E-state index contributed by atoms with van der Waals surface area (Å²) in [7, 11) is 1.69.